The lowest BCUT2D eigenvalue weighted by atomic mass is 10.3. The van der Waals surface area contributed by atoms with Crippen molar-refractivity contribution in [2.75, 3.05) is 6.61 Å². The van der Waals surface area contributed by atoms with Crippen LogP contribution in [0.1, 0.15) is 11.5 Å². The number of nitrogens with zero attached hydrogens (tertiary/aromatic N) is 1. The summed E-state index contributed by atoms with van der Waals surface area (Å²) in [6.45, 7) is 3.75. The smallest absolute Gasteiger partial charge is 0.110 e. The second-order valence-corrected chi connectivity index (χ2v) is 2.30. The zero-order valence-electron chi connectivity index (χ0n) is 6.38. The molecule has 1 aromatic heterocycles. The number of hydrogen-bond donors (Lipinski definition) is 2. The summed E-state index contributed by atoms with van der Waals surface area (Å²) in [6.07, 6.45) is 4.98. The van der Waals surface area contributed by atoms with Gasteiger partial charge >= 0.3 is 0 Å². The van der Waals surface area contributed by atoms with Crippen molar-refractivity contribution in [1.29, 1.82) is 0 Å². The van der Waals surface area contributed by atoms with E-state index >= 15 is 0 Å². The van der Waals surface area contributed by atoms with E-state index in [0.29, 0.717) is 6.42 Å². The zero-order valence-corrected chi connectivity index (χ0v) is 6.38. The average molecular weight is 152 g/mol. The lowest BCUT2D eigenvalue weighted by Crippen LogP contribution is -1.90. The van der Waals surface area contributed by atoms with E-state index in [4.69, 9.17) is 5.11 Å². The van der Waals surface area contributed by atoms with Gasteiger partial charge in [0, 0.05) is 25.6 Å². The van der Waals surface area contributed by atoms with Gasteiger partial charge < -0.3 is 10.1 Å². The molecule has 1 heterocycles. The summed E-state index contributed by atoms with van der Waals surface area (Å²) >= 11 is 0. The Balaban J connectivity index is 2.57. The molecule has 11 heavy (non-hydrogen) atoms. The van der Waals surface area contributed by atoms with Crippen LogP contribution in [0.15, 0.2) is 18.9 Å². The molecule has 0 aliphatic rings. The monoisotopic (exact) mass is 152 g/mol. The quantitative estimate of drug-likeness (QED) is 0.623. The molecule has 0 aromatic carbocycles. The fourth-order valence-corrected chi connectivity index (χ4v) is 0.888. The molecule has 0 radical (unpaired) electrons. The first-order chi connectivity index (χ1) is 5.36. The molecule has 60 valence electrons. The maximum Gasteiger partial charge on any atom is 0.110 e. The van der Waals surface area contributed by atoms with Gasteiger partial charge in [-0.05, 0) is 0 Å². The first kappa shape index (κ1) is 8.01. The van der Waals surface area contributed by atoms with E-state index in [0.717, 1.165) is 17.9 Å². The molecular formula is C8H12N2O. The van der Waals surface area contributed by atoms with Gasteiger partial charge in [-0.2, -0.15) is 0 Å². The van der Waals surface area contributed by atoms with Crippen LogP contribution in [0.4, 0.5) is 0 Å². The summed E-state index contributed by atoms with van der Waals surface area (Å²) in [7, 11) is 0. The zero-order chi connectivity index (χ0) is 8.10. The van der Waals surface area contributed by atoms with Crippen molar-refractivity contribution in [2.45, 2.75) is 12.8 Å². The Hall–Kier alpha value is -1.09. The van der Waals surface area contributed by atoms with Crippen molar-refractivity contribution >= 4 is 0 Å². The van der Waals surface area contributed by atoms with Gasteiger partial charge in [-0.15, -0.1) is 6.58 Å². The second kappa shape index (κ2) is 3.93. The number of nitrogens with one attached hydrogen (secondary N) is 1. The molecule has 2 N–H and O–H groups in total. The lowest BCUT2D eigenvalue weighted by Gasteiger charge is -1.87. The van der Waals surface area contributed by atoms with Crippen LogP contribution in [-0.2, 0) is 12.8 Å². The maximum absolute atomic E-state index is 8.58. The van der Waals surface area contributed by atoms with Crippen LogP contribution in [0, 0.1) is 0 Å². The number of aliphatic hydroxyl groups is 1. The van der Waals surface area contributed by atoms with Gasteiger partial charge in [0.15, 0.2) is 0 Å². The Morgan fingerprint density at radius 1 is 1.73 bits per heavy atom. The minimum absolute atomic E-state index is 0.151. The normalized spacial score (nSPS) is 9.91. The highest BCUT2D eigenvalue weighted by atomic mass is 16.3. The molecule has 0 spiro atoms. The number of aliphatic hydroxyl groups excluding tert-OH is 1. The summed E-state index contributed by atoms with van der Waals surface area (Å²) in [5.41, 5.74) is 0.907. The van der Waals surface area contributed by atoms with Gasteiger partial charge in [0.25, 0.3) is 0 Å². The van der Waals surface area contributed by atoms with Crippen LogP contribution in [0.5, 0.6) is 0 Å². The number of aromatic amines is 1. The van der Waals surface area contributed by atoms with Crippen LogP contribution >= 0.6 is 0 Å². The molecule has 0 saturated carbocycles. The molecule has 3 heteroatoms. The molecule has 1 rings (SSSR count). The minimum atomic E-state index is 0.151. The van der Waals surface area contributed by atoms with E-state index < -0.39 is 0 Å². The topological polar surface area (TPSA) is 48.9 Å². The fraction of sp³-hybridized carbons (Fsp3) is 0.375. The molecule has 3 nitrogen and oxygen atoms in total. The van der Waals surface area contributed by atoms with E-state index in [9.17, 15) is 0 Å². The number of imidazole rings is 1. The highest BCUT2D eigenvalue weighted by Crippen LogP contribution is 1.98. The van der Waals surface area contributed by atoms with E-state index in [1.165, 1.54) is 0 Å². The average Bonchev–Trinajstić information content (AvgIpc) is 2.38. The Kier molecular flexibility index (Phi) is 2.86. The van der Waals surface area contributed by atoms with E-state index in [1.54, 1.807) is 6.08 Å². The van der Waals surface area contributed by atoms with Crippen molar-refractivity contribution in [3.8, 4) is 0 Å². The summed E-state index contributed by atoms with van der Waals surface area (Å²) in [5.74, 6) is 0.906. The fourth-order valence-electron chi connectivity index (χ4n) is 0.888. The number of hydrogen-bond acceptors (Lipinski definition) is 2. The van der Waals surface area contributed by atoms with Gasteiger partial charge in [-0.1, -0.05) is 6.08 Å². The molecule has 1 aromatic rings. The summed E-state index contributed by atoms with van der Waals surface area (Å²) in [6, 6.07) is 0. The van der Waals surface area contributed by atoms with Gasteiger partial charge in [0.1, 0.15) is 5.82 Å². The first-order valence-corrected chi connectivity index (χ1v) is 3.61. The first-order valence-electron chi connectivity index (χ1n) is 3.61. The Morgan fingerprint density at radius 3 is 3.18 bits per heavy atom. The highest BCUT2D eigenvalue weighted by Gasteiger charge is 1.97. The van der Waals surface area contributed by atoms with Crippen molar-refractivity contribution in [1.82, 2.24) is 9.97 Å². The van der Waals surface area contributed by atoms with E-state index in [2.05, 4.69) is 16.5 Å². The third-order valence-corrected chi connectivity index (χ3v) is 1.39. The molecule has 0 bridgehead atoms. The predicted octanol–water partition coefficient (Wildman–Crippen LogP) is 0.673. The van der Waals surface area contributed by atoms with Crippen LogP contribution in [0.3, 0.4) is 0 Å². The van der Waals surface area contributed by atoms with Crippen LogP contribution < -0.4 is 0 Å². The summed E-state index contributed by atoms with van der Waals surface area (Å²) < 4.78 is 0. The van der Waals surface area contributed by atoms with Crippen LogP contribution in [0.2, 0.25) is 0 Å². The molecule has 0 atom stereocenters. The van der Waals surface area contributed by atoms with Gasteiger partial charge in [-0.3, -0.25) is 0 Å². The summed E-state index contributed by atoms with van der Waals surface area (Å²) in [4.78, 5) is 7.20. The Bertz CT molecular complexity index is 230. The van der Waals surface area contributed by atoms with Gasteiger partial charge in [0.05, 0.1) is 5.69 Å². The van der Waals surface area contributed by atoms with E-state index in [1.807, 2.05) is 6.20 Å². The number of allylic oxidation sites excluding steroid dienone is 1. The molecule has 0 saturated heterocycles. The largest absolute Gasteiger partial charge is 0.396 e. The maximum atomic E-state index is 8.58. The SMILES string of the molecule is C=CCc1nc(CCO)c[nH]1. The van der Waals surface area contributed by atoms with E-state index in [-0.39, 0.29) is 6.61 Å². The third-order valence-electron chi connectivity index (χ3n) is 1.39. The Morgan fingerprint density at radius 2 is 2.55 bits per heavy atom. The highest BCUT2D eigenvalue weighted by molar-refractivity contribution is 5.03. The molecule has 0 unspecified atom stereocenters. The number of H-pyrrole nitrogens is 1. The molecule has 0 amide bonds. The van der Waals surface area contributed by atoms with Crippen molar-refractivity contribution in [2.24, 2.45) is 0 Å². The van der Waals surface area contributed by atoms with Gasteiger partial charge in [0.2, 0.25) is 0 Å². The third kappa shape index (κ3) is 2.20. The minimum Gasteiger partial charge on any atom is -0.396 e. The number of rotatable bonds is 4. The summed E-state index contributed by atoms with van der Waals surface area (Å²) in [5, 5.41) is 8.58. The predicted molar refractivity (Wildman–Crippen MR) is 43.3 cm³/mol. The second-order valence-electron chi connectivity index (χ2n) is 2.30. The standard InChI is InChI=1S/C8H12N2O/c1-2-3-8-9-6-7(10-8)4-5-11/h2,6,11H,1,3-5H2,(H,9,10). The number of aromatic nitrogens is 2. The molecule has 0 aliphatic carbocycles. The molecular weight excluding hydrogens is 140 g/mol. The molecule has 0 fully saturated rings. The molecule has 0 aliphatic heterocycles. The van der Waals surface area contributed by atoms with Gasteiger partial charge in [-0.25, -0.2) is 4.98 Å². The van der Waals surface area contributed by atoms with Crippen molar-refractivity contribution in [3.63, 3.8) is 0 Å². The Labute approximate surface area is 65.8 Å². The van der Waals surface area contributed by atoms with Crippen molar-refractivity contribution in [3.05, 3.63) is 30.4 Å². The van der Waals surface area contributed by atoms with Crippen LogP contribution in [0.25, 0.3) is 0 Å². The van der Waals surface area contributed by atoms with Crippen molar-refractivity contribution < 1.29 is 5.11 Å². The van der Waals surface area contributed by atoms with Crippen LogP contribution in [-0.4, -0.2) is 21.7 Å². The lowest BCUT2D eigenvalue weighted by molar-refractivity contribution is 0.298.